The summed E-state index contributed by atoms with van der Waals surface area (Å²) in [5.41, 5.74) is 0.352. The van der Waals surface area contributed by atoms with Crippen molar-refractivity contribution in [3.8, 4) is 5.75 Å². The molecule has 0 aromatic heterocycles. The predicted molar refractivity (Wildman–Crippen MR) is 81.7 cm³/mol. The third-order valence-electron chi connectivity index (χ3n) is 2.83. The van der Waals surface area contributed by atoms with E-state index in [0.717, 1.165) is 16.6 Å². The van der Waals surface area contributed by atoms with Crippen LogP contribution in [0.2, 0.25) is 0 Å². The van der Waals surface area contributed by atoms with Crippen LogP contribution >= 0.6 is 15.9 Å². The Kier molecular flexibility index (Phi) is 5.07. The van der Waals surface area contributed by atoms with Crippen molar-refractivity contribution in [2.45, 2.75) is 12.8 Å². The highest BCUT2D eigenvalue weighted by molar-refractivity contribution is 9.10. The SMILES string of the molecule is NN=Cc1cc(Br)ccc1OCc1cccc(C(F)(F)F)c1. The van der Waals surface area contributed by atoms with Crippen LogP contribution in [0.25, 0.3) is 0 Å². The Balaban J connectivity index is 2.17. The number of alkyl halides is 3. The van der Waals surface area contributed by atoms with E-state index in [1.165, 1.54) is 12.3 Å². The molecule has 0 fully saturated rings. The molecule has 0 aliphatic carbocycles. The van der Waals surface area contributed by atoms with Gasteiger partial charge < -0.3 is 10.6 Å². The Morgan fingerprint density at radius 3 is 2.64 bits per heavy atom. The Labute approximate surface area is 133 Å². The van der Waals surface area contributed by atoms with Gasteiger partial charge in [-0.15, -0.1) is 0 Å². The molecule has 116 valence electrons. The van der Waals surface area contributed by atoms with E-state index in [1.807, 2.05) is 0 Å². The lowest BCUT2D eigenvalue weighted by molar-refractivity contribution is -0.137. The fraction of sp³-hybridized carbons (Fsp3) is 0.133. The molecule has 0 radical (unpaired) electrons. The molecule has 0 saturated carbocycles. The first-order chi connectivity index (χ1) is 10.4. The second-order valence-corrected chi connectivity index (χ2v) is 5.36. The molecule has 2 aromatic rings. The zero-order valence-electron chi connectivity index (χ0n) is 11.3. The quantitative estimate of drug-likeness (QED) is 0.493. The van der Waals surface area contributed by atoms with Gasteiger partial charge in [-0.2, -0.15) is 18.3 Å². The molecule has 0 spiro atoms. The van der Waals surface area contributed by atoms with Crippen LogP contribution in [-0.4, -0.2) is 6.21 Å². The van der Waals surface area contributed by atoms with E-state index in [2.05, 4.69) is 21.0 Å². The van der Waals surface area contributed by atoms with Crippen LogP contribution in [0, 0.1) is 0 Å². The van der Waals surface area contributed by atoms with E-state index >= 15 is 0 Å². The molecule has 0 bridgehead atoms. The summed E-state index contributed by atoms with van der Waals surface area (Å²) >= 11 is 3.31. The Morgan fingerprint density at radius 1 is 1.18 bits per heavy atom. The molecule has 2 rings (SSSR count). The second kappa shape index (κ2) is 6.83. The number of hydrogen-bond acceptors (Lipinski definition) is 3. The van der Waals surface area contributed by atoms with Crippen LogP contribution < -0.4 is 10.6 Å². The summed E-state index contributed by atoms with van der Waals surface area (Å²) in [6, 6.07) is 10.2. The maximum Gasteiger partial charge on any atom is 0.416 e. The standard InChI is InChI=1S/C15H12BrF3N2O/c16-13-4-5-14(11(7-13)8-21-20)22-9-10-2-1-3-12(6-10)15(17,18)19/h1-8H,9,20H2. The predicted octanol–water partition coefficient (Wildman–Crippen LogP) is 4.34. The van der Waals surface area contributed by atoms with E-state index in [9.17, 15) is 13.2 Å². The largest absolute Gasteiger partial charge is 0.488 e. The monoisotopic (exact) mass is 372 g/mol. The first kappa shape index (κ1) is 16.4. The van der Waals surface area contributed by atoms with E-state index < -0.39 is 11.7 Å². The molecule has 3 nitrogen and oxygen atoms in total. The Morgan fingerprint density at radius 2 is 1.95 bits per heavy atom. The van der Waals surface area contributed by atoms with Crippen molar-refractivity contribution in [2.75, 3.05) is 0 Å². The zero-order chi connectivity index (χ0) is 16.2. The lowest BCUT2D eigenvalue weighted by Gasteiger charge is -2.11. The summed E-state index contributed by atoms with van der Waals surface area (Å²) in [5.74, 6) is 5.61. The molecule has 0 aliphatic rings. The van der Waals surface area contributed by atoms with Crippen LogP contribution in [-0.2, 0) is 12.8 Å². The highest BCUT2D eigenvalue weighted by Gasteiger charge is 2.30. The van der Waals surface area contributed by atoms with Crippen molar-refractivity contribution in [1.82, 2.24) is 0 Å². The maximum atomic E-state index is 12.7. The van der Waals surface area contributed by atoms with Crippen LogP contribution in [0.3, 0.4) is 0 Å². The number of benzene rings is 2. The van der Waals surface area contributed by atoms with E-state index in [-0.39, 0.29) is 6.61 Å². The Hall–Kier alpha value is -2.02. The number of hydrazone groups is 1. The summed E-state index contributed by atoms with van der Waals surface area (Å²) in [6.45, 7) is 0.0109. The first-order valence-electron chi connectivity index (χ1n) is 6.22. The number of halogens is 4. The van der Waals surface area contributed by atoms with Crippen LogP contribution in [0.1, 0.15) is 16.7 Å². The van der Waals surface area contributed by atoms with Gasteiger partial charge in [0.05, 0.1) is 11.8 Å². The molecule has 0 amide bonds. The lowest BCUT2D eigenvalue weighted by Crippen LogP contribution is -2.06. The normalized spacial score (nSPS) is 11.8. The molecule has 7 heteroatoms. The Bertz CT molecular complexity index is 687. The average molecular weight is 373 g/mol. The second-order valence-electron chi connectivity index (χ2n) is 4.45. The summed E-state index contributed by atoms with van der Waals surface area (Å²) in [4.78, 5) is 0. The minimum atomic E-state index is -4.37. The summed E-state index contributed by atoms with van der Waals surface area (Å²) in [6.07, 6.45) is -2.96. The zero-order valence-corrected chi connectivity index (χ0v) is 12.9. The molecule has 22 heavy (non-hydrogen) atoms. The van der Waals surface area contributed by atoms with Gasteiger partial charge >= 0.3 is 6.18 Å². The molecule has 2 aromatic carbocycles. The van der Waals surface area contributed by atoms with Crippen molar-refractivity contribution in [3.05, 3.63) is 63.6 Å². The van der Waals surface area contributed by atoms with Crippen molar-refractivity contribution in [2.24, 2.45) is 10.9 Å². The minimum Gasteiger partial charge on any atom is -0.488 e. The van der Waals surface area contributed by atoms with Gasteiger partial charge in [0, 0.05) is 10.0 Å². The van der Waals surface area contributed by atoms with Gasteiger partial charge in [0.25, 0.3) is 0 Å². The number of nitrogens with zero attached hydrogens (tertiary/aromatic N) is 1. The average Bonchev–Trinajstić information content (AvgIpc) is 2.46. The third-order valence-corrected chi connectivity index (χ3v) is 3.33. The molecular weight excluding hydrogens is 361 g/mol. The summed E-state index contributed by atoms with van der Waals surface area (Å²) in [7, 11) is 0. The number of nitrogens with two attached hydrogens (primary N) is 1. The molecule has 0 aliphatic heterocycles. The topological polar surface area (TPSA) is 47.6 Å². The summed E-state index contributed by atoms with van der Waals surface area (Å²) in [5, 5.41) is 3.43. The van der Waals surface area contributed by atoms with E-state index in [1.54, 1.807) is 24.3 Å². The van der Waals surface area contributed by atoms with Gasteiger partial charge in [-0.25, -0.2) is 0 Å². The molecule has 0 unspecified atom stereocenters. The van der Waals surface area contributed by atoms with Gasteiger partial charge in [0.2, 0.25) is 0 Å². The fourth-order valence-corrected chi connectivity index (χ4v) is 2.21. The van der Waals surface area contributed by atoms with Crippen molar-refractivity contribution in [3.63, 3.8) is 0 Å². The number of rotatable bonds is 4. The molecule has 0 heterocycles. The van der Waals surface area contributed by atoms with Gasteiger partial charge in [-0.05, 0) is 35.9 Å². The van der Waals surface area contributed by atoms with E-state index in [4.69, 9.17) is 10.6 Å². The van der Waals surface area contributed by atoms with Crippen LogP contribution in [0.15, 0.2) is 52.0 Å². The fourth-order valence-electron chi connectivity index (χ4n) is 1.83. The van der Waals surface area contributed by atoms with Crippen LogP contribution in [0.5, 0.6) is 5.75 Å². The van der Waals surface area contributed by atoms with Gasteiger partial charge in [-0.3, -0.25) is 0 Å². The maximum absolute atomic E-state index is 12.7. The summed E-state index contributed by atoms with van der Waals surface area (Å²) < 4.78 is 44.4. The van der Waals surface area contributed by atoms with Gasteiger partial charge in [0.15, 0.2) is 0 Å². The van der Waals surface area contributed by atoms with Crippen molar-refractivity contribution < 1.29 is 17.9 Å². The number of hydrogen-bond donors (Lipinski definition) is 1. The number of ether oxygens (including phenoxy) is 1. The first-order valence-corrected chi connectivity index (χ1v) is 7.01. The molecule has 0 saturated heterocycles. The molecular formula is C15H12BrF3N2O. The van der Waals surface area contributed by atoms with Gasteiger partial charge in [-0.1, -0.05) is 28.1 Å². The highest BCUT2D eigenvalue weighted by Crippen LogP contribution is 2.30. The van der Waals surface area contributed by atoms with Crippen molar-refractivity contribution >= 4 is 22.1 Å². The van der Waals surface area contributed by atoms with E-state index in [0.29, 0.717) is 16.9 Å². The van der Waals surface area contributed by atoms with Crippen molar-refractivity contribution in [1.29, 1.82) is 0 Å². The smallest absolute Gasteiger partial charge is 0.416 e. The van der Waals surface area contributed by atoms with Crippen LogP contribution in [0.4, 0.5) is 13.2 Å². The van der Waals surface area contributed by atoms with Gasteiger partial charge in [0.1, 0.15) is 12.4 Å². The highest BCUT2D eigenvalue weighted by atomic mass is 79.9. The minimum absolute atomic E-state index is 0.0109. The lowest BCUT2D eigenvalue weighted by atomic mass is 10.1. The molecule has 0 atom stereocenters. The molecule has 2 N–H and O–H groups in total. The third kappa shape index (κ3) is 4.24.